The van der Waals surface area contributed by atoms with Crippen molar-refractivity contribution in [2.45, 2.75) is 32.9 Å². The Balaban J connectivity index is 1.82. The summed E-state index contributed by atoms with van der Waals surface area (Å²) >= 11 is 0. The van der Waals surface area contributed by atoms with E-state index in [1.165, 1.54) is 4.57 Å². The summed E-state index contributed by atoms with van der Waals surface area (Å²) < 4.78 is 11.5. The molecule has 8 heteroatoms. The molecule has 0 aliphatic rings. The molecule has 0 bridgehead atoms. The summed E-state index contributed by atoms with van der Waals surface area (Å²) in [5, 5.41) is 6.48. The molecule has 2 aromatic heterocycles. The van der Waals surface area contributed by atoms with Crippen LogP contribution in [0.1, 0.15) is 36.8 Å². The fraction of sp³-hybridized carbons (Fsp3) is 0.333. The van der Waals surface area contributed by atoms with Crippen molar-refractivity contribution in [3.63, 3.8) is 0 Å². The summed E-state index contributed by atoms with van der Waals surface area (Å²) in [6.07, 6.45) is 0.795. The molecule has 1 atom stereocenters. The molecule has 0 spiro atoms. The number of benzene rings is 1. The molecule has 0 aliphatic heterocycles. The topological polar surface area (TPSA) is 103 Å². The van der Waals surface area contributed by atoms with Gasteiger partial charge < -0.3 is 14.3 Å². The quantitative estimate of drug-likeness (QED) is 0.766. The predicted molar refractivity (Wildman–Crippen MR) is 81.1 cm³/mol. The van der Waals surface area contributed by atoms with Crippen LogP contribution in [0.15, 0.2) is 38.0 Å². The highest BCUT2D eigenvalue weighted by atomic mass is 16.5. The van der Waals surface area contributed by atoms with Crippen LogP contribution in [-0.4, -0.2) is 26.7 Å². The van der Waals surface area contributed by atoms with Gasteiger partial charge in [-0.25, -0.2) is 4.79 Å². The molecule has 120 valence electrons. The fourth-order valence-electron chi connectivity index (χ4n) is 2.10. The first kappa shape index (κ1) is 15.0. The standard InChI is InChI=1S/C15H16N4O4/c1-3-9(2)16-13(20)14-17-12(18-23-14)8-19-10-6-4-5-7-11(10)22-15(19)21/h4-7,9H,3,8H2,1-2H3,(H,16,20). The summed E-state index contributed by atoms with van der Waals surface area (Å²) in [6, 6.07) is 7.06. The number of fused-ring (bicyclic) bond motifs is 1. The van der Waals surface area contributed by atoms with E-state index in [0.717, 1.165) is 6.42 Å². The van der Waals surface area contributed by atoms with E-state index in [-0.39, 0.29) is 24.3 Å². The number of amides is 1. The van der Waals surface area contributed by atoms with Crippen molar-refractivity contribution in [1.29, 1.82) is 0 Å². The monoisotopic (exact) mass is 316 g/mol. The Morgan fingerprint density at radius 3 is 2.96 bits per heavy atom. The van der Waals surface area contributed by atoms with Gasteiger partial charge in [0.2, 0.25) is 0 Å². The molecule has 1 N–H and O–H groups in total. The normalized spacial score (nSPS) is 12.4. The van der Waals surface area contributed by atoms with Gasteiger partial charge in [-0.1, -0.05) is 24.2 Å². The molecule has 0 saturated heterocycles. The Hall–Kier alpha value is -2.90. The van der Waals surface area contributed by atoms with E-state index in [4.69, 9.17) is 8.94 Å². The lowest BCUT2D eigenvalue weighted by molar-refractivity contribution is 0.0895. The van der Waals surface area contributed by atoms with E-state index in [0.29, 0.717) is 11.1 Å². The third-order valence-electron chi connectivity index (χ3n) is 3.53. The summed E-state index contributed by atoms with van der Waals surface area (Å²) in [6.45, 7) is 3.91. The zero-order valence-corrected chi connectivity index (χ0v) is 12.8. The van der Waals surface area contributed by atoms with Gasteiger partial charge in [0, 0.05) is 6.04 Å². The number of oxazole rings is 1. The van der Waals surface area contributed by atoms with Crippen LogP contribution in [0, 0.1) is 0 Å². The minimum absolute atomic E-state index is 0.0123. The average molecular weight is 316 g/mol. The molecule has 2 heterocycles. The number of nitrogens with one attached hydrogen (secondary N) is 1. The SMILES string of the molecule is CCC(C)NC(=O)c1nc(Cn2c(=O)oc3ccccc32)no1. The minimum Gasteiger partial charge on any atom is -0.408 e. The molecule has 8 nitrogen and oxygen atoms in total. The summed E-state index contributed by atoms with van der Waals surface area (Å²) in [5.41, 5.74) is 1.11. The number of para-hydroxylation sites is 2. The van der Waals surface area contributed by atoms with Gasteiger partial charge >= 0.3 is 17.6 Å². The van der Waals surface area contributed by atoms with Crippen molar-refractivity contribution in [2.75, 3.05) is 0 Å². The van der Waals surface area contributed by atoms with Gasteiger partial charge in [-0.3, -0.25) is 9.36 Å². The Morgan fingerprint density at radius 1 is 1.39 bits per heavy atom. The number of rotatable bonds is 5. The second-order valence-electron chi connectivity index (χ2n) is 5.22. The summed E-state index contributed by atoms with van der Waals surface area (Å²) in [4.78, 5) is 27.8. The van der Waals surface area contributed by atoms with E-state index in [9.17, 15) is 9.59 Å². The van der Waals surface area contributed by atoms with E-state index in [2.05, 4.69) is 15.5 Å². The molecule has 0 radical (unpaired) electrons. The van der Waals surface area contributed by atoms with Crippen molar-refractivity contribution in [3.8, 4) is 0 Å². The van der Waals surface area contributed by atoms with Crippen molar-refractivity contribution in [1.82, 2.24) is 20.0 Å². The third kappa shape index (κ3) is 3.01. The Labute approximate surface area is 131 Å². The maximum Gasteiger partial charge on any atom is 0.420 e. The lowest BCUT2D eigenvalue weighted by Crippen LogP contribution is -2.32. The molecular weight excluding hydrogens is 300 g/mol. The van der Waals surface area contributed by atoms with Crippen LogP contribution in [0.25, 0.3) is 11.1 Å². The van der Waals surface area contributed by atoms with E-state index in [1.54, 1.807) is 24.3 Å². The fourth-order valence-corrected chi connectivity index (χ4v) is 2.10. The molecule has 23 heavy (non-hydrogen) atoms. The summed E-state index contributed by atoms with van der Waals surface area (Å²) in [5.74, 6) is -0.835. The van der Waals surface area contributed by atoms with Gasteiger partial charge in [-0.05, 0) is 25.5 Å². The predicted octanol–water partition coefficient (Wildman–Crippen LogP) is 1.55. The molecule has 0 fully saturated rings. The first-order valence-corrected chi connectivity index (χ1v) is 7.30. The van der Waals surface area contributed by atoms with Gasteiger partial charge in [0.05, 0.1) is 12.1 Å². The van der Waals surface area contributed by atoms with Gasteiger partial charge in [0.25, 0.3) is 0 Å². The Bertz CT molecular complexity index is 892. The molecule has 1 amide bonds. The number of hydrogen-bond donors (Lipinski definition) is 1. The number of nitrogens with zero attached hydrogens (tertiary/aromatic N) is 3. The lowest BCUT2D eigenvalue weighted by Gasteiger charge is -2.07. The molecular formula is C15H16N4O4. The highest BCUT2D eigenvalue weighted by molar-refractivity contribution is 5.89. The molecule has 0 aliphatic carbocycles. The van der Waals surface area contributed by atoms with Crippen LogP contribution < -0.4 is 11.1 Å². The van der Waals surface area contributed by atoms with Crippen LogP contribution in [0.2, 0.25) is 0 Å². The molecule has 1 aromatic carbocycles. The van der Waals surface area contributed by atoms with Gasteiger partial charge in [0.1, 0.15) is 0 Å². The largest absolute Gasteiger partial charge is 0.420 e. The van der Waals surface area contributed by atoms with Crippen LogP contribution in [0.4, 0.5) is 0 Å². The van der Waals surface area contributed by atoms with Crippen LogP contribution in [0.5, 0.6) is 0 Å². The summed E-state index contributed by atoms with van der Waals surface area (Å²) in [7, 11) is 0. The molecule has 1 unspecified atom stereocenters. The maximum absolute atomic E-state index is 11.9. The number of aromatic nitrogens is 3. The van der Waals surface area contributed by atoms with Gasteiger partial charge in [-0.15, -0.1) is 0 Å². The highest BCUT2D eigenvalue weighted by Gasteiger charge is 2.18. The van der Waals surface area contributed by atoms with Crippen molar-refractivity contribution >= 4 is 17.0 Å². The molecule has 0 saturated carbocycles. The van der Waals surface area contributed by atoms with E-state index < -0.39 is 11.7 Å². The Kier molecular flexibility index (Phi) is 3.96. The first-order chi connectivity index (χ1) is 11.1. The zero-order valence-electron chi connectivity index (χ0n) is 12.8. The smallest absolute Gasteiger partial charge is 0.408 e. The zero-order chi connectivity index (χ0) is 16.4. The van der Waals surface area contributed by atoms with Crippen LogP contribution >= 0.6 is 0 Å². The molecule has 3 aromatic rings. The van der Waals surface area contributed by atoms with E-state index in [1.807, 2.05) is 13.8 Å². The average Bonchev–Trinajstić information content (AvgIpc) is 3.13. The van der Waals surface area contributed by atoms with Crippen molar-refractivity contribution < 1.29 is 13.7 Å². The van der Waals surface area contributed by atoms with E-state index >= 15 is 0 Å². The molecule has 3 rings (SSSR count). The first-order valence-electron chi connectivity index (χ1n) is 7.30. The lowest BCUT2D eigenvalue weighted by atomic mass is 10.2. The van der Waals surface area contributed by atoms with Crippen molar-refractivity contribution in [3.05, 3.63) is 46.5 Å². The third-order valence-corrected chi connectivity index (χ3v) is 3.53. The maximum atomic E-state index is 11.9. The number of hydrogen-bond acceptors (Lipinski definition) is 6. The second-order valence-corrected chi connectivity index (χ2v) is 5.22. The highest BCUT2D eigenvalue weighted by Crippen LogP contribution is 2.12. The Morgan fingerprint density at radius 2 is 2.17 bits per heavy atom. The van der Waals surface area contributed by atoms with Crippen LogP contribution in [-0.2, 0) is 6.54 Å². The van der Waals surface area contributed by atoms with Gasteiger partial charge in [-0.2, -0.15) is 4.98 Å². The van der Waals surface area contributed by atoms with Gasteiger partial charge in [0.15, 0.2) is 11.4 Å². The second kappa shape index (κ2) is 6.07. The minimum atomic E-state index is -0.512. The van der Waals surface area contributed by atoms with Crippen molar-refractivity contribution in [2.24, 2.45) is 0 Å². The number of carbonyl (C=O) groups excluding carboxylic acids is 1. The number of carbonyl (C=O) groups is 1. The van der Waals surface area contributed by atoms with Crippen LogP contribution in [0.3, 0.4) is 0 Å².